The summed E-state index contributed by atoms with van der Waals surface area (Å²) in [6.45, 7) is 3.05. The van der Waals surface area contributed by atoms with Crippen molar-refractivity contribution in [1.82, 2.24) is 9.97 Å². The number of ether oxygens (including phenoxy) is 1. The van der Waals surface area contributed by atoms with Crippen molar-refractivity contribution < 1.29 is 9.66 Å². The van der Waals surface area contributed by atoms with Crippen LogP contribution in [0.2, 0.25) is 5.02 Å². The second-order valence-corrected chi connectivity index (χ2v) is 6.88. The number of nitrogens with zero attached hydrogens (tertiary/aromatic N) is 3. The van der Waals surface area contributed by atoms with Crippen LogP contribution >= 0.6 is 11.6 Å². The minimum Gasteiger partial charge on any atom is -0.494 e. The SMILES string of the molecule is CCCCOc1ccc(Nc2ncnc(NCc3ccccc3Cl)c2[N+](=O)[O-])cc1. The molecule has 2 N–H and O–H groups in total. The zero-order valence-electron chi connectivity index (χ0n) is 16.5. The Morgan fingerprint density at radius 2 is 1.83 bits per heavy atom. The molecule has 0 saturated carbocycles. The van der Waals surface area contributed by atoms with Gasteiger partial charge in [0, 0.05) is 17.3 Å². The molecular formula is C21H22ClN5O3. The fourth-order valence-electron chi connectivity index (χ4n) is 2.70. The number of nitro groups is 1. The number of unbranched alkanes of at least 4 members (excludes halogenated alkanes) is 1. The smallest absolute Gasteiger partial charge is 0.353 e. The van der Waals surface area contributed by atoms with Gasteiger partial charge in [-0.1, -0.05) is 43.1 Å². The van der Waals surface area contributed by atoms with Crippen LogP contribution in [0.5, 0.6) is 5.75 Å². The average molecular weight is 428 g/mol. The summed E-state index contributed by atoms with van der Waals surface area (Å²) in [5.74, 6) is 0.946. The number of rotatable bonds is 10. The van der Waals surface area contributed by atoms with E-state index in [2.05, 4.69) is 27.5 Å². The molecule has 0 atom stereocenters. The Balaban J connectivity index is 1.76. The Kier molecular flexibility index (Phi) is 7.40. The highest BCUT2D eigenvalue weighted by molar-refractivity contribution is 6.31. The number of benzene rings is 2. The van der Waals surface area contributed by atoms with Crippen LogP contribution in [0.25, 0.3) is 0 Å². The van der Waals surface area contributed by atoms with Gasteiger partial charge < -0.3 is 15.4 Å². The molecule has 0 fully saturated rings. The summed E-state index contributed by atoms with van der Waals surface area (Å²) in [5.41, 5.74) is 1.21. The summed E-state index contributed by atoms with van der Waals surface area (Å²) < 4.78 is 5.63. The Morgan fingerprint density at radius 1 is 1.10 bits per heavy atom. The fourth-order valence-corrected chi connectivity index (χ4v) is 2.90. The highest BCUT2D eigenvalue weighted by Crippen LogP contribution is 2.32. The minimum atomic E-state index is -0.514. The highest BCUT2D eigenvalue weighted by Gasteiger charge is 2.23. The third-order valence-corrected chi connectivity index (χ3v) is 4.66. The summed E-state index contributed by atoms with van der Waals surface area (Å²) in [5, 5.41) is 18.2. The summed E-state index contributed by atoms with van der Waals surface area (Å²) in [6.07, 6.45) is 3.31. The molecule has 0 radical (unpaired) electrons. The lowest BCUT2D eigenvalue weighted by atomic mass is 10.2. The molecule has 0 spiro atoms. The molecule has 30 heavy (non-hydrogen) atoms. The maximum Gasteiger partial charge on any atom is 0.353 e. The first-order chi connectivity index (χ1) is 14.6. The van der Waals surface area contributed by atoms with Gasteiger partial charge in [0.1, 0.15) is 12.1 Å². The molecule has 1 aromatic heterocycles. The maximum atomic E-state index is 11.7. The molecule has 0 saturated heterocycles. The van der Waals surface area contributed by atoms with Crippen molar-refractivity contribution in [2.45, 2.75) is 26.3 Å². The fraction of sp³-hybridized carbons (Fsp3) is 0.238. The minimum absolute atomic E-state index is 0.0938. The molecule has 0 aliphatic heterocycles. The highest BCUT2D eigenvalue weighted by atomic mass is 35.5. The first kappa shape index (κ1) is 21.3. The number of halogens is 1. The molecule has 0 amide bonds. The molecule has 3 rings (SSSR count). The van der Waals surface area contributed by atoms with Crippen LogP contribution in [0.15, 0.2) is 54.9 Å². The molecule has 0 unspecified atom stereocenters. The van der Waals surface area contributed by atoms with Crippen molar-refractivity contribution in [3.05, 3.63) is 75.6 Å². The maximum absolute atomic E-state index is 11.7. The topological polar surface area (TPSA) is 102 Å². The molecule has 0 aliphatic carbocycles. The summed E-state index contributed by atoms with van der Waals surface area (Å²) in [7, 11) is 0. The van der Waals surface area contributed by atoms with Crippen molar-refractivity contribution in [2.24, 2.45) is 0 Å². The van der Waals surface area contributed by atoms with Gasteiger partial charge in [0.15, 0.2) is 0 Å². The molecule has 8 nitrogen and oxygen atoms in total. The molecule has 1 heterocycles. The van der Waals surface area contributed by atoms with Crippen LogP contribution in [-0.4, -0.2) is 21.5 Å². The second-order valence-electron chi connectivity index (χ2n) is 6.47. The number of hydrogen-bond acceptors (Lipinski definition) is 7. The Morgan fingerprint density at radius 3 is 2.53 bits per heavy atom. The van der Waals surface area contributed by atoms with Crippen molar-refractivity contribution in [3.63, 3.8) is 0 Å². The van der Waals surface area contributed by atoms with Crippen molar-refractivity contribution in [2.75, 3.05) is 17.2 Å². The lowest BCUT2D eigenvalue weighted by Crippen LogP contribution is -2.08. The summed E-state index contributed by atoms with van der Waals surface area (Å²) in [6, 6.07) is 14.4. The van der Waals surface area contributed by atoms with Gasteiger partial charge in [-0.3, -0.25) is 10.1 Å². The lowest BCUT2D eigenvalue weighted by Gasteiger charge is -2.11. The summed E-state index contributed by atoms with van der Waals surface area (Å²) >= 11 is 6.15. The molecule has 0 bridgehead atoms. The van der Waals surface area contributed by atoms with E-state index in [1.807, 2.05) is 30.3 Å². The summed E-state index contributed by atoms with van der Waals surface area (Å²) in [4.78, 5) is 19.3. The standard InChI is InChI=1S/C21H22ClN5O3/c1-2-3-12-30-17-10-8-16(9-11-17)26-21-19(27(28)29)20(24-14-25-21)23-13-15-6-4-5-7-18(15)22/h4-11,14H,2-3,12-13H2,1H3,(H2,23,24,25,26). The van der Waals surface area contributed by atoms with Gasteiger partial charge in [0.25, 0.3) is 0 Å². The Hall–Kier alpha value is -3.39. The van der Waals surface area contributed by atoms with E-state index in [-0.39, 0.29) is 17.3 Å². The van der Waals surface area contributed by atoms with E-state index in [1.165, 1.54) is 6.33 Å². The monoisotopic (exact) mass is 427 g/mol. The van der Waals surface area contributed by atoms with Gasteiger partial charge in [0.05, 0.1) is 11.5 Å². The normalized spacial score (nSPS) is 10.5. The zero-order chi connectivity index (χ0) is 21.3. The van der Waals surface area contributed by atoms with Gasteiger partial charge >= 0.3 is 5.69 Å². The van der Waals surface area contributed by atoms with Crippen LogP contribution in [0.4, 0.5) is 23.0 Å². The van der Waals surface area contributed by atoms with Crippen LogP contribution in [0.3, 0.4) is 0 Å². The van der Waals surface area contributed by atoms with Crippen LogP contribution in [0, 0.1) is 10.1 Å². The number of anilines is 3. The molecule has 2 aromatic carbocycles. The predicted octanol–water partition coefficient (Wildman–Crippen LogP) is 5.57. The number of aromatic nitrogens is 2. The zero-order valence-corrected chi connectivity index (χ0v) is 17.2. The average Bonchev–Trinajstić information content (AvgIpc) is 2.74. The van der Waals surface area contributed by atoms with Crippen LogP contribution in [0.1, 0.15) is 25.3 Å². The Labute approximate surface area is 179 Å². The van der Waals surface area contributed by atoms with E-state index in [1.54, 1.807) is 18.2 Å². The van der Waals surface area contributed by atoms with E-state index in [0.717, 1.165) is 24.2 Å². The van der Waals surface area contributed by atoms with Crippen molar-refractivity contribution in [3.8, 4) is 5.75 Å². The number of nitrogens with one attached hydrogen (secondary N) is 2. The number of hydrogen-bond donors (Lipinski definition) is 2. The quantitative estimate of drug-likeness (QED) is 0.247. The van der Waals surface area contributed by atoms with E-state index in [4.69, 9.17) is 16.3 Å². The van der Waals surface area contributed by atoms with Gasteiger partial charge in [-0.2, -0.15) is 0 Å². The third kappa shape index (κ3) is 5.57. The van der Waals surface area contributed by atoms with Gasteiger partial charge in [-0.15, -0.1) is 0 Å². The molecule has 3 aromatic rings. The van der Waals surface area contributed by atoms with Crippen molar-refractivity contribution >= 4 is 34.6 Å². The van der Waals surface area contributed by atoms with E-state index in [0.29, 0.717) is 23.9 Å². The largest absolute Gasteiger partial charge is 0.494 e. The van der Waals surface area contributed by atoms with E-state index in [9.17, 15) is 10.1 Å². The molecular weight excluding hydrogens is 406 g/mol. The third-order valence-electron chi connectivity index (χ3n) is 4.29. The van der Waals surface area contributed by atoms with Gasteiger partial charge in [-0.25, -0.2) is 9.97 Å². The van der Waals surface area contributed by atoms with E-state index >= 15 is 0 Å². The molecule has 156 valence electrons. The van der Waals surface area contributed by atoms with E-state index < -0.39 is 4.92 Å². The Bertz CT molecular complexity index is 998. The van der Waals surface area contributed by atoms with Crippen LogP contribution in [-0.2, 0) is 6.54 Å². The first-order valence-corrected chi connectivity index (χ1v) is 9.93. The first-order valence-electron chi connectivity index (χ1n) is 9.55. The molecule has 9 heteroatoms. The lowest BCUT2D eigenvalue weighted by molar-refractivity contribution is -0.383. The van der Waals surface area contributed by atoms with Gasteiger partial charge in [-0.05, 0) is 42.3 Å². The predicted molar refractivity (Wildman–Crippen MR) is 118 cm³/mol. The molecule has 0 aliphatic rings. The van der Waals surface area contributed by atoms with Crippen LogP contribution < -0.4 is 15.4 Å². The van der Waals surface area contributed by atoms with Crippen molar-refractivity contribution in [1.29, 1.82) is 0 Å². The second kappa shape index (κ2) is 10.4. The van der Waals surface area contributed by atoms with Gasteiger partial charge in [0.2, 0.25) is 11.6 Å².